The molecular weight excluding hydrogens is 110 g/mol. The Kier molecular flexibility index (Phi) is 1.12. The summed E-state index contributed by atoms with van der Waals surface area (Å²) in [6, 6.07) is 0. The van der Waals surface area contributed by atoms with Crippen LogP contribution in [0.4, 0.5) is 0 Å². The van der Waals surface area contributed by atoms with Gasteiger partial charge in [-0.05, 0) is 12.8 Å². The van der Waals surface area contributed by atoms with E-state index >= 15 is 0 Å². The third-order valence-electron chi connectivity index (χ3n) is 2.50. The zero-order valence-electron chi connectivity index (χ0n) is 5.69. The molecule has 0 aromatic heterocycles. The van der Waals surface area contributed by atoms with Gasteiger partial charge in [0.1, 0.15) is 0 Å². The summed E-state index contributed by atoms with van der Waals surface area (Å²) in [7, 11) is 0. The molecule has 1 nitrogen and oxygen atoms in total. The van der Waals surface area contributed by atoms with Crippen LogP contribution in [0.3, 0.4) is 0 Å². The van der Waals surface area contributed by atoms with Gasteiger partial charge in [-0.1, -0.05) is 25.0 Å². The first-order valence-corrected chi connectivity index (χ1v) is 3.84. The monoisotopic (exact) mass is 123 g/mol. The van der Waals surface area contributed by atoms with E-state index in [9.17, 15) is 0 Å². The fraction of sp³-hybridized carbons (Fsp3) is 0.750. The second kappa shape index (κ2) is 1.84. The van der Waals surface area contributed by atoms with Crippen LogP contribution < -0.4 is 5.32 Å². The average molecular weight is 123 g/mol. The molecule has 9 heavy (non-hydrogen) atoms. The molecule has 0 aromatic carbocycles. The summed E-state index contributed by atoms with van der Waals surface area (Å²) in [5.74, 6) is 0. The minimum atomic E-state index is 0.458. The molecule has 1 saturated carbocycles. The highest BCUT2D eigenvalue weighted by Crippen LogP contribution is 2.32. The molecule has 1 fully saturated rings. The van der Waals surface area contributed by atoms with Crippen molar-refractivity contribution in [2.24, 2.45) is 0 Å². The smallest absolute Gasteiger partial charge is 0.0367 e. The van der Waals surface area contributed by atoms with Crippen LogP contribution in [0.2, 0.25) is 0 Å². The maximum Gasteiger partial charge on any atom is 0.0367 e. The van der Waals surface area contributed by atoms with Crippen molar-refractivity contribution in [3.05, 3.63) is 12.2 Å². The standard InChI is InChI=1S/C8H13N/c1-2-5-8(4-1)6-3-7-9-8/h3,6,9H,1-2,4-5,7H2. The highest BCUT2D eigenvalue weighted by Gasteiger charge is 2.32. The summed E-state index contributed by atoms with van der Waals surface area (Å²) in [6.45, 7) is 1.10. The van der Waals surface area contributed by atoms with Crippen LogP contribution in [0.5, 0.6) is 0 Å². The third-order valence-corrected chi connectivity index (χ3v) is 2.50. The predicted molar refractivity (Wildman–Crippen MR) is 38.3 cm³/mol. The molecule has 1 spiro atoms. The Balaban J connectivity index is 2.13. The van der Waals surface area contributed by atoms with Gasteiger partial charge in [0.15, 0.2) is 0 Å². The maximum atomic E-state index is 3.52. The second-order valence-corrected chi connectivity index (χ2v) is 3.15. The van der Waals surface area contributed by atoms with Gasteiger partial charge in [0, 0.05) is 12.1 Å². The first-order chi connectivity index (χ1) is 4.41. The molecule has 50 valence electrons. The van der Waals surface area contributed by atoms with Crippen molar-refractivity contribution in [1.82, 2.24) is 5.32 Å². The van der Waals surface area contributed by atoms with Crippen molar-refractivity contribution < 1.29 is 0 Å². The van der Waals surface area contributed by atoms with Gasteiger partial charge >= 0.3 is 0 Å². The van der Waals surface area contributed by atoms with Crippen LogP contribution >= 0.6 is 0 Å². The summed E-state index contributed by atoms with van der Waals surface area (Å²) < 4.78 is 0. The van der Waals surface area contributed by atoms with E-state index in [1.54, 1.807) is 0 Å². The lowest BCUT2D eigenvalue weighted by molar-refractivity contribution is 0.457. The molecule has 0 radical (unpaired) electrons. The molecular formula is C8H13N. The van der Waals surface area contributed by atoms with E-state index in [2.05, 4.69) is 17.5 Å². The SMILES string of the molecule is C1=CC2(CCCC2)NC1. The van der Waals surface area contributed by atoms with E-state index in [1.807, 2.05) is 0 Å². The van der Waals surface area contributed by atoms with Crippen molar-refractivity contribution in [2.75, 3.05) is 6.54 Å². The number of nitrogens with one attached hydrogen (secondary N) is 1. The Labute approximate surface area is 56.1 Å². The molecule has 0 atom stereocenters. The van der Waals surface area contributed by atoms with E-state index in [1.165, 1.54) is 25.7 Å². The van der Waals surface area contributed by atoms with Crippen molar-refractivity contribution in [2.45, 2.75) is 31.2 Å². The minimum absolute atomic E-state index is 0.458. The van der Waals surface area contributed by atoms with Gasteiger partial charge in [0.2, 0.25) is 0 Å². The van der Waals surface area contributed by atoms with Crippen LogP contribution in [0, 0.1) is 0 Å². The third kappa shape index (κ3) is 0.799. The van der Waals surface area contributed by atoms with Crippen molar-refractivity contribution in [3.8, 4) is 0 Å². The molecule has 1 heterocycles. The molecule has 0 aromatic rings. The van der Waals surface area contributed by atoms with Gasteiger partial charge in [0.25, 0.3) is 0 Å². The lowest BCUT2D eigenvalue weighted by Crippen LogP contribution is -2.36. The van der Waals surface area contributed by atoms with Gasteiger partial charge in [-0.2, -0.15) is 0 Å². The Bertz CT molecular complexity index is 132. The molecule has 2 rings (SSSR count). The van der Waals surface area contributed by atoms with Gasteiger partial charge in [-0.15, -0.1) is 0 Å². The lowest BCUT2D eigenvalue weighted by atomic mass is 10.0. The van der Waals surface area contributed by atoms with Crippen LogP contribution in [0.1, 0.15) is 25.7 Å². The topological polar surface area (TPSA) is 12.0 Å². The van der Waals surface area contributed by atoms with Gasteiger partial charge in [0.05, 0.1) is 0 Å². The largest absolute Gasteiger partial charge is 0.304 e. The molecule has 1 N–H and O–H groups in total. The minimum Gasteiger partial charge on any atom is -0.304 e. The van der Waals surface area contributed by atoms with Crippen LogP contribution in [-0.2, 0) is 0 Å². The number of rotatable bonds is 0. The lowest BCUT2D eigenvalue weighted by Gasteiger charge is -2.20. The fourth-order valence-corrected chi connectivity index (χ4v) is 1.95. The Morgan fingerprint density at radius 1 is 1.22 bits per heavy atom. The Morgan fingerprint density at radius 2 is 2.00 bits per heavy atom. The van der Waals surface area contributed by atoms with Crippen LogP contribution in [-0.4, -0.2) is 12.1 Å². The average Bonchev–Trinajstić information content (AvgIpc) is 2.45. The Morgan fingerprint density at radius 3 is 2.56 bits per heavy atom. The van der Waals surface area contributed by atoms with Crippen molar-refractivity contribution in [3.63, 3.8) is 0 Å². The van der Waals surface area contributed by atoms with Gasteiger partial charge in [-0.3, -0.25) is 0 Å². The van der Waals surface area contributed by atoms with Crippen molar-refractivity contribution in [1.29, 1.82) is 0 Å². The highest BCUT2D eigenvalue weighted by atomic mass is 15.0. The maximum absolute atomic E-state index is 3.52. The van der Waals surface area contributed by atoms with Crippen LogP contribution in [0.15, 0.2) is 12.2 Å². The van der Waals surface area contributed by atoms with E-state index < -0.39 is 0 Å². The first-order valence-electron chi connectivity index (χ1n) is 3.84. The Hall–Kier alpha value is -0.300. The van der Waals surface area contributed by atoms with Crippen molar-refractivity contribution >= 4 is 0 Å². The molecule has 1 aliphatic carbocycles. The zero-order valence-corrected chi connectivity index (χ0v) is 5.69. The quantitative estimate of drug-likeness (QED) is 0.481. The molecule has 0 amide bonds. The molecule has 0 unspecified atom stereocenters. The molecule has 0 saturated heterocycles. The highest BCUT2D eigenvalue weighted by molar-refractivity contribution is 5.15. The van der Waals surface area contributed by atoms with Gasteiger partial charge < -0.3 is 5.32 Å². The van der Waals surface area contributed by atoms with Gasteiger partial charge in [-0.25, -0.2) is 0 Å². The summed E-state index contributed by atoms with van der Waals surface area (Å²) in [4.78, 5) is 0. The molecule has 0 bridgehead atoms. The van der Waals surface area contributed by atoms with E-state index in [4.69, 9.17) is 0 Å². The summed E-state index contributed by atoms with van der Waals surface area (Å²) in [5.41, 5.74) is 0.458. The zero-order chi connectivity index (χ0) is 6.16. The molecule has 2 aliphatic rings. The number of hydrogen-bond acceptors (Lipinski definition) is 1. The molecule has 1 heteroatoms. The van der Waals surface area contributed by atoms with E-state index in [0.717, 1.165) is 6.54 Å². The first kappa shape index (κ1) is 5.48. The normalized spacial score (nSPS) is 30.2. The fourth-order valence-electron chi connectivity index (χ4n) is 1.95. The van der Waals surface area contributed by atoms with E-state index in [-0.39, 0.29) is 0 Å². The second-order valence-electron chi connectivity index (χ2n) is 3.15. The summed E-state index contributed by atoms with van der Waals surface area (Å²) in [6.07, 6.45) is 10.2. The predicted octanol–water partition coefficient (Wildman–Crippen LogP) is 1.46. The summed E-state index contributed by atoms with van der Waals surface area (Å²) in [5, 5.41) is 3.52. The van der Waals surface area contributed by atoms with Crippen LogP contribution in [0.25, 0.3) is 0 Å². The summed E-state index contributed by atoms with van der Waals surface area (Å²) >= 11 is 0. The number of hydrogen-bond donors (Lipinski definition) is 1. The molecule has 1 aliphatic heterocycles. The van der Waals surface area contributed by atoms with E-state index in [0.29, 0.717) is 5.54 Å².